The minimum Gasteiger partial charge on any atom is -0.461 e. The molecule has 0 aliphatic rings. The Morgan fingerprint density at radius 2 is 1.97 bits per heavy atom. The van der Waals surface area contributed by atoms with E-state index in [0.29, 0.717) is 12.2 Å². The van der Waals surface area contributed by atoms with Gasteiger partial charge in [-0.2, -0.15) is 23.5 Å². The van der Waals surface area contributed by atoms with Crippen LogP contribution in [0.3, 0.4) is 0 Å². The van der Waals surface area contributed by atoms with Crippen molar-refractivity contribution in [3.05, 3.63) is 66.2 Å². The van der Waals surface area contributed by atoms with Crippen LogP contribution in [0.2, 0.25) is 0 Å². The van der Waals surface area contributed by atoms with E-state index in [2.05, 4.69) is 25.4 Å². The van der Waals surface area contributed by atoms with Crippen molar-refractivity contribution < 1.29 is 27.4 Å². The number of amides is 1. The molecule has 0 aliphatic carbocycles. The Hall–Kier alpha value is -4.57. The van der Waals surface area contributed by atoms with Crippen LogP contribution in [0.5, 0.6) is 5.88 Å². The van der Waals surface area contributed by atoms with Gasteiger partial charge in [-0.3, -0.25) is 4.79 Å². The third-order valence-corrected chi connectivity index (χ3v) is 4.93. The largest absolute Gasteiger partial charge is 0.461 e. The Kier molecular flexibility index (Phi) is 7.07. The van der Waals surface area contributed by atoms with Gasteiger partial charge in [-0.05, 0) is 31.2 Å². The second-order valence-corrected chi connectivity index (χ2v) is 7.29. The minimum atomic E-state index is -4.61. The first-order valence-electron chi connectivity index (χ1n) is 10.6. The smallest absolute Gasteiger partial charge is 0.418 e. The molecule has 0 bridgehead atoms. The van der Waals surface area contributed by atoms with Crippen LogP contribution in [-0.2, 0) is 15.7 Å². The summed E-state index contributed by atoms with van der Waals surface area (Å²) >= 11 is 0. The highest BCUT2D eigenvalue weighted by molar-refractivity contribution is 5.94. The van der Waals surface area contributed by atoms with E-state index in [9.17, 15) is 18.0 Å². The molecule has 1 N–H and O–H groups in total. The number of hydrogen-bond donors (Lipinski definition) is 1. The lowest BCUT2D eigenvalue weighted by molar-refractivity contribution is -0.137. The zero-order valence-corrected chi connectivity index (χ0v) is 18.7. The molecular weight excluding hydrogens is 479 g/mol. The van der Waals surface area contributed by atoms with E-state index in [1.54, 1.807) is 6.92 Å². The number of pyridine rings is 1. The molecular formula is C23H18F3N7O3. The zero-order valence-electron chi connectivity index (χ0n) is 18.7. The van der Waals surface area contributed by atoms with Crippen molar-refractivity contribution in [2.75, 3.05) is 18.5 Å². The van der Waals surface area contributed by atoms with Crippen LogP contribution in [-0.4, -0.2) is 50.0 Å². The number of nitrogens with zero attached hydrogens (tertiary/aromatic N) is 6. The molecule has 0 fully saturated rings. The van der Waals surface area contributed by atoms with Crippen molar-refractivity contribution in [3.63, 3.8) is 0 Å². The first-order chi connectivity index (χ1) is 17.3. The molecule has 184 valence electrons. The van der Waals surface area contributed by atoms with Gasteiger partial charge in [0.25, 0.3) is 5.91 Å². The van der Waals surface area contributed by atoms with Crippen molar-refractivity contribution >= 4 is 22.8 Å². The predicted octanol–water partition coefficient (Wildman–Crippen LogP) is 3.52. The molecule has 4 rings (SSSR count). The third-order valence-electron chi connectivity index (χ3n) is 4.93. The summed E-state index contributed by atoms with van der Waals surface area (Å²) in [5.74, 6) is -0.487. The number of halogens is 3. The van der Waals surface area contributed by atoms with Crippen molar-refractivity contribution in [2.45, 2.75) is 19.2 Å². The molecule has 10 nitrogen and oxygen atoms in total. The fourth-order valence-electron chi connectivity index (χ4n) is 3.25. The quantitative estimate of drug-likeness (QED) is 0.392. The lowest BCUT2D eigenvalue weighted by atomic mass is 10.1. The number of para-hydroxylation sites is 1. The molecule has 0 saturated carbocycles. The summed E-state index contributed by atoms with van der Waals surface area (Å²) in [4.78, 5) is 25.0. The topological polar surface area (TPSA) is 128 Å². The Labute approximate surface area is 202 Å². The molecule has 0 unspecified atom stereocenters. The number of rotatable bonds is 8. The predicted molar refractivity (Wildman–Crippen MR) is 120 cm³/mol. The van der Waals surface area contributed by atoms with E-state index in [4.69, 9.17) is 14.7 Å². The van der Waals surface area contributed by atoms with Gasteiger partial charge in [0.15, 0.2) is 5.65 Å². The fraction of sp³-hybridized carbons (Fsp3) is 0.217. The van der Waals surface area contributed by atoms with Crippen molar-refractivity contribution in [3.8, 4) is 17.6 Å². The highest BCUT2D eigenvalue weighted by Crippen LogP contribution is 2.35. The fourth-order valence-corrected chi connectivity index (χ4v) is 3.25. The maximum absolute atomic E-state index is 13.5. The van der Waals surface area contributed by atoms with Gasteiger partial charge in [0, 0.05) is 12.8 Å². The minimum absolute atomic E-state index is 0.0565. The van der Waals surface area contributed by atoms with Gasteiger partial charge < -0.3 is 14.8 Å². The Morgan fingerprint density at radius 1 is 1.17 bits per heavy atom. The van der Waals surface area contributed by atoms with Crippen LogP contribution >= 0.6 is 0 Å². The van der Waals surface area contributed by atoms with Gasteiger partial charge in [0.1, 0.15) is 23.6 Å². The summed E-state index contributed by atoms with van der Waals surface area (Å²) in [5.41, 5.74) is -0.733. The molecule has 1 amide bonds. The summed E-state index contributed by atoms with van der Waals surface area (Å²) in [5, 5.41) is 15.7. The number of alkyl halides is 3. The summed E-state index contributed by atoms with van der Waals surface area (Å²) < 4.78 is 52.8. The first-order valence-corrected chi connectivity index (χ1v) is 10.6. The Morgan fingerprint density at radius 3 is 2.67 bits per heavy atom. The average Bonchev–Trinajstić information content (AvgIpc) is 3.31. The van der Waals surface area contributed by atoms with Crippen molar-refractivity contribution in [2.24, 2.45) is 0 Å². The van der Waals surface area contributed by atoms with E-state index < -0.39 is 23.8 Å². The van der Waals surface area contributed by atoms with E-state index in [-0.39, 0.29) is 35.0 Å². The molecule has 0 radical (unpaired) electrons. The number of hydrogen-bond acceptors (Lipinski definition) is 8. The maximum atomic E-state index is 13.5. The standard InChI is InChI=1S/C23H18F3N7O3/c1-2-35-12-18(21(34)32-19-8-7-14(9-27)10-28-19)36-22-15-11-31-33(20(15)29-13-30-22)17-6-4-3-5-16(17)23(24,25)26/h3-8,10-11,13,18H,2,12H2,1H3,(H,28,32,34)/t18-/m0/s1. The van der Waals surface area contributed by atoms with E-state index in [1.165, 1.54) is 42.7 Å². The van der Waals surface area contributed by atoms with Crippen LogP contribution in [0.25, 0.3) is 16.7 Å². The molecule has 1 aromatic carbocycles. The van der Waals surface area contributed by atoms with Crippen LogP contribution in [0.1, 0.15) is 18.1 Å². The van der Waals surface area contributed by atoms with Gasteiger partial charge in [-0.15, -0.1) is 0 Å². The maximum Gasteiger partial charge on any atom is 0.418 e. The summed E-state index contributed by atoms with van der Waals surface area (Å²) in [6, 6.07) is 9.83. The molecule has 0 aliphatic heterocycles. The molecule has 0 saturated heterocycles. The average molecular weight is 497 g/mol. The lowest BCUT2D eigenvalue weighted by Crippen LogP contribution is -2.37. The van der Waals surface area contributed by atoms with Gasteiger partial charge in [-0.25, -0.2) is 19.6 Å². The SMILES string of the molecule is CCOC[C@H](Oc1ncnc2c1cnn2-c1ccccc1C(F)(F)F)C(=O)Nc1ccc(C#N)cn1. The number of nitrogens with one attached hydrogen (secondary N) is 1. The van der Waals surface area contributed by atoms with Gasteiger partial charge >= 0.3 is 6.18 Å². The van der Waals surface area contributed by atoms with Gasteiger partial charge in [0.2, 0.25) is 12.0 Å². The van der Waals surface area contributed by atoms with E-state index in [0.717, 1.165) is 17.1 Å². The first kappa shape index (κ1) is 24.6. The van der Waals surface area contributed by atoms with Gasteiger partial charge in [-0.1, -0.05) is 12.1 Å². The summed E-state index contributed by atoms with van der Waals surface area (Å²) in [6.45, 7) is 1.89. The Bertz CT molecular complexity index is 1420. The van der Waals surface area contributed by atoms with Crippen LogP contribution in [0, 0.1) is 11.3 Å². The number of nitriles is 1. The number of anilines is 1. The molecule has 36 heavy (non-hydrogen) atoms. The van der Waals surface area contributed by atoms with Gasteiger partial charge in [0.05, 0.1) is 29.6 Å². The van der Waals surface area contributed by atoms with E-state index >= 15 is 0 Å². The van der Waals surface area contributed by atoms with Crippen molar-refractivity contribution in [1.29, 1.82) is 5.26 Å². The second-order valence-electron chi connectivity index (χ2n) is 7.29. The molecule has 13 heteroatoms. The van der Waals surface area contributed by atoms with Crippen LogP contribution < -0.4 is 10.1 Å². The number of fused-ring (bicyclic) bond motifs is 1. The Balaban J connectivity index is 1.65. The highest BCUT2D eigenvalue weighted by Gasteiger charge is 2.34. The number of benzene rings is 1. The molecule has 4 aromatic rings. The van der Waals surface area contributed by atoms with Crippen LogP contribution in [0.4, 0.5) is 19.0 Å². The van der Waals surface area contributed by atoms with E-state index in [1.807, 2.05) is 6.07 Å². The number of carbonyl (C=O) groups is 1. The highest BCUT2D eigenvalue weighted by atomic mass is 19.4. The molecule has 1 atom stereocenters. The molecule has 3 aromatic heterocycles. The molecule has 0 spiro atoms. The lowest BCUT2D eigenvalue weighted by Gasteiger charge is -2.18. The second kappa shape index (κ2) is 10.4. The normalized spacial score (nSPS) is 12.2. The third kappa shape index (κ3) is 5.23. The van der Waals surface area contributed by atoms with Crippen LogP contribution in [0.15, 0.2) is 55.1 Å². The van der Waals surface area contributed by atoms with Crippen molar-refractivity contribution in [1.82, 2.24) is 24.7 Å². The number of ether oxygens (including phenoxy) is 2. The number of carbonyl (C=O) groups excluding carboxylic acids is 1. The number of aromatic nitrogens is 5. The summed E-state index contributed by atoms with van der Waals surface area (Å²) in [7, 11) is 0. The summed E-state index contributed by atoms with van der Waals surface area (Å²) in [6.07, 6.45) is -2.14. The zero-order chi connectivity index (χ0) is 25.7. The molecule has 3 heterocycles. The monoisotopic (exact) mass is 497 g/mol.